The molecule has 0 atom stereocenters. The zero-order chi connectivity index (χ0) is 14.9. The minimum atomic E-state index is -0.106. The number of aryl methyl sites for hydroxylation is 3. The molecule has 0 aliphatic carbocycles. The van der Waals surface area contributed by atoms with Gasteiger partial charge in [0.15, 0.2) is 0 Å². The van der Waals surface area contributed by atoms with Gasteiger partial charge in [-0.1, -0.05) is 22.0 Å². The van der Waals surface area contributed by atoms with Gasteiger partial charge in [0.25, 0.3) is 5.91 Å². The van der Waals surface area contributed by atoms with Crippen LogP contribution in [0.2, 0.25) is 0 Å². The zero-order valence-electron chi connectivity index (χ0n) is 11.6. The lowest BCUT2D eigenvalue weighted by atomic mass is 10.1. The van der Waals surface area contributed by atoms with Crippen LogP contribution in [0, 0.1) is 20.8 Å². The van der Waals surface area contributed by atoms with Crippen molar-refractivity contribution in [3.05, 3.63) is 61.5 Å². The summed E-state index contributed by atoms with van der Waals surface area (Å²) >= 11 is 6.90. The van der Waals surface area contributed by atoms with Crippen molar-refractivity contribution < 1.29 is 4.79 Å². The van der Waals surface area contributed by atoms with Gasteiger partial charge in [0.2, 0.25) is 0 Å². The number of benzene rings is 2. The predicted molar refractivity (Wildman–Crippen MR) is 90.4 cm³/mol. The van der Waals surface area contributed by atoms with Gasteiger partial charge in [-0.15, -0.1) is 0 Å². The van der Waals surface area contributed by atoms with Crippen LogP contribution < -0.4 is 5.32 Å². The van der Waals surface area contributed by atoms with Gasteiger partial charge in [-0.05, 0) is 77.7 Å². The fraction of sp³-hybridized carbons (Fsp3) is 0.188. The first-order chi connectivity index (χ1) is 9.38. The number of carbonyl (C=O) groups excluding carboxylic acids is 1. The van der Waals surface area contributed by atoms with E-state index in [1.54, 1.807) is 0 Å². The maximum atomic E-state index is 12.4. The average molecular weight is 397 g/mol. The maximum Gasteiger partial charge on any atom is 0.256 e. The Morgan fingerprint density at radius 3 is 2.15 bits per heavy atom. The van der Waals surface area contributed by atoms with E-state index in [1.165, 1.54) is 0 Å². The molecule has 2 rings (SSSR count). The van der Waals surface area contributed by atoms with Crippen molar-refractivity contribution in [3.63, 3.8) is 0 Å². The highest BCUT2D eigenvalue weighted by Gasteiger charge is 2.13. The van der Waals surface area contributed by atoms with Gasteiger partial charge in [-0.2, -0.15) is 0 Å². The topological polar surface area (TPSA) is 29.1 Å². The van der Waals surface area contributed by atoms with E-state index >= 15 is 0 Å². The molecule has 2 aromatic rings. The van der Waals surface area contributed by atoms with Gasteiger partial charge in [0, 0.05) is 14.6 Å². The summed E-state index contributed by atoms with van der Waals surface area (Å²) in [7, 11) is 0. The third kappa shape index (κ3) is 3.30. The van der Waals surface area contributed by atoms with Crippen LogP contribution in [0.25, 0.3) is 0 Å². The standard InChI is InChI=1S/C16H15Br2NO/c1-9-4-5-13(14(18)6-9)16(20)19-15-10(2)7-12(17)8-11(15)3/h4-8H,1-3H3,(H,19,20). The molecule has 0 fully saturated rings. The van der Waals surface area contributed by atoms with Gasteiger partial charge in [0.1, 0.15) is 0 Å². The van der Waals surface area contributed by atoms with Gasteiger partial charge < -0.3 is 5.32 Å². The van der Waals surface area contributed by atoms with Crippen LogP contribution in [0.5, 0.6) is 0 Å². The van der Waals surface area contributed by atoms with Crippen LogP contribution >= 0.6 is 31.9 Å². The lowest BCUT2D eigenvalue weighted by molar-refractivity contribution is 0.102. The summed E-state index contributed by atoms with van der Waals surface area (Å²) in [4.78, 5) is 12.4. The third-order valence-corrected chi connectivity index (χ3v) is 4.22. The van der Waals surface area contributed by atoms with Crippen molar-refractivity contribution in [1.29, 1.82) is 0 Å². The number of hydrogen-bond acceptors (Lipinski definition) is 1. The molecule has 2 aromatic carbocycles. The first kappa shape index (κ1) is 15.3. The van der Waals surface area contributed by atoms with E-state index in [9.17, 15) is 4.79 Å². The zero-order valence-corrected chi connectivity index (χ0v) is 14.7. The van der Waals surface area contributed by atoms with E-state index < -0.39 is 0 Å². The summed E-state index contributed by atoms with van der Waals surface area (Å²) < 4.78 is 1.82. The third-order valence-electron chi connectivity index (χ3n) is 3.11. The first-order valence-electron chi connectivity index (χ1n) is 6.22. The summed E-state index contributed by atoms with van der Waals surface area (Å²) in [5, 5.41) is 2.99. The summed E-state index contributed by atoms with van der Waals surface area (Å²) in [6.45, 7) is 5.96. The molecule has 0 saturated heterocycles. The molecule has 104 valence electrons. The second-order valence-corrected chi connectivity index (χ2v) is 6.62. The summed E-state index contributed by atoms with van der Waals surface area (Å²) in [5.41, 5.74) is 4.69. The number of amides is 1. The minimum absolute atomic E-state index is 0.106. The van der Waals surface area contributed by atoms with Crippen LogP contribution in [0.3, 0.4) is 0 Å². The van der Waals surface area contributed by atoms with Crippen molar-refractivity contribution in [1.82, 2.24) is 0 Å². The number of nitrogens with one attached hydrogen (secondary N) is 1. The molecule has 2 nitrogen and oxygen atoms in total. The smallest absolute Gasteiger partial charge is 0.256 e. The Balaban J connectivity index is 2.33. The maximum absolute atomic E-state index is 12.4. The quantitative estimate of drug-likeness (QED) is 0.724. The van der Waals surface area contributed by atoms with Crippen molar-refractivity contribution in [2.24, 2.45) is 0 Å². The van der Waals surface area contributed by atoms with E-state index in [0.29, 0.717) is 5.56 Å². The van der Waals surface area contributed by atoms with Crippen LogP contribution in [0.4, 0.5) is 5.69 Å². The Kier molecular flexibility index (Phi) is 4.66. The Morgan fingerprint density at radius 1 is 1.00 bits per heavy atom. The molecule has 0 aliphatic heterocycles. The Morgan fingerprint density at radius 2 is 1.60 bits per heavy atom. The highest BCUT2D eigenvalue weighted by atomic mass is 79.9. The number of anilines is 1. The van der Waals surface area contributed by atoms with E-state index in [0.717, 1.165) is 31.3 Å². The van der Waals surface area contributed by atoms with Crippen molar-refractivity contribution in [3.8, 4) is 0 Å². The number of carbonyl (C=O) groups is 1. The van der Waals surface area contributed by atoms with E-state index in [1.807, 2.05) is 51.1 Å². The van der Waals surface area contributed by atoms with Gasteiger partial charge in [0.05, 0.1) is 5.56 Å². The SMILES string of the molecule is Cc1ccc(C(=O)Nc2c(C)cc(Br)cc2C)c(Br)c1. The van der Waals surface area contributed by atoms with E-state index in [4.69, 9.17) is 0 Å². The van der Waals surface area contributed by atoms with Gasteiger partial charge in [-0.3, -0.25) is 4.79 Å². The lowest BCUT2D eigenvalue weighted by Gasteiger charge is -2.13. The highest BCUT2D eigenvalue weighted by Crippen LogP contribution is 2.26. The Hall–Kier alpha value is -1.13. The van der Waals surface area contributed by atoms with Crippen LogP contribution in [-0.4, -0.2) is 5.91 Å². The normalized spacial score (nSPS) is 10.4. The van der Waals surface area contributed by atoms with Crippen molar-refractivity contribution >= 4 is 43.5 Å². The lowest BCUT2D eigenvalue weighted by Crippen LogP contribution is -2.14. The molecule has 20 heavy (non-hydrogen) atoms. The minimum Gasteiger partial charge on any atom is -0.321 e. The van der Waals surface area contributed by atoms with Crippen LogP contribution in [-0.2, 0) is 0 Å². The molecule has 1 N–H and O–H groups in total. The van der Waals surface area contributed by atoms with Gasteiger partial charge >= 0.3 is 0 Å². The number of rotatable bonds is 2. The Labute approximate surface area is 135 Å². The molecule has 0 radical (unpaired) electrons. The summed E-state index contributed by atoms with van der Waals surface area (Å²) in [6, 6.07) is 9.69. The average Bonchev–Trinajstić information content (AvgIpc) is 2.33. The van der Waals surface area contributed by atoms with Crippen LogP contribution in [0.1, 0.15) is 27.0 Å². The van der Waals surface area contributed by atoms with Crippen molar-refractivity contribution in [2.45, 2.75) is 20.8 Å². The Bertz CT molecular complexity index is 657. The molecule has 0 aromatic heterocycles. The highest BCUT2D eigenvalue weighted by molar-refractivity contribution is 9.10. The number of hydrogen-bond donors (Lipinski definition) is 1. The molecule has 1 amide bonds. The van der Waals surface area contributed by atoms with Crippen LogP contribution in [0.15, 0.2) is 39.3 Å². The molecular weight excluding hydrogens is 382 g/mol. The largest absolute Gasteiger partial charge is 0.321 e. The monoisotopic (exact) mass is 395 g/mol. The van der Waals surface area contributed by atoms with Gasteiger partial charge in [-0.25, -0.2) is 0 Å². The summed E-state index contributed by atoms with van der Waals surface area (Å²) in [5.74, 6) is -0.106. The fourth-order valence-corrected chi connectivity index (χ4v) is 3.45. The van der Waals surface area contributed by atoms with E-state index in [-0.39, 0.29) is 5.91 Å². The predicted octanol–water partition coefficient (Wildman–Crippen LogP) is 5.39. The molecular formula is C16H15Br2NO. The summed E-state index contributed by atoms with van der Waals surface area (Å²) in [6.07, 6.45) is 0. The number of halogens is 2. The first-order valence-corrected chi connectivity index (χ1v) is 7.81. The molecule has 0 unspecified atom stereocenters. The fourth-order valence-electron chi connectivity index (χ4n) is 2.09. The molecule has 0 spiro atoms. The van der Waals surface area contributed by atoms with Crippen molar-refractivity contribution in [2.75, 3.05) is 5.32 Å². The molecule has 4 heteroatoms. The molecule has 0 aliphatic rings. The second-order valence-electron chi connectivity index (χ2n) is 4.85. The molecule has 0 bridgehead atoms. The van der Waals surface area contributed by atoms with E-state index in [2.05, 4.69) is 37.2 Å². The second kappa shape index (κ2) is 6.10. The molecule has 0 heterocycles. The molecule has 0 saturated carbocycles.